The average molecular weight is 221 g/mol. The SMILES string of the molecule is C.CC.CC.CN1CCC(=O)CC1CF. The molecule has 2 nitrogen and oxygen atoms in total. The number of carbonyl (C=O) groups excluding carboxylic acids is 1. The highest BCUT2D eigenvalue weighted by Gasteiger charge is 2.23. The lowest BCUT2D eigenvalue weighted by molar-refractivity contribution is -0.123. The summed E-state index contributed by atoms with van der Waals surface area (Å²) in [5.41, 5.74) is 0. The van der Waals surface area contributed by atoms with Crippen LogP contribution in [0.5, 0.6) is 0 Å². The second kappa shape index (κ2) is 13.6. The number of rotatable bonds is 1. The maximum absolute atomic E-state index is 12.1. The van der Waals surface area contributed by atoms with Crippen LogP contribution >= 0.6 is 0 Å². The number of piperidine rings is 1. The summed E-state index contributed by atoms with van der Waals surface area (Å²) in [6.45, 7) is 8.32. The van der Waals surface area contributed by atoms with Crippen molar-refractivity contribution < 1.29 is 9.18 Å². The van der Waals surface area contributed by atoms with Crippen LogP contribution in [0.4, 0.5) is 4.39 Å². The molecule has 0 aromatic carbocycles. The molecule has 0 saturated carbocycles. The van der Waals surface area contributed by atoms with Gasteiger partial charge in [-0.2, -0.15) is 0 Å². The van der Waals surface area contributed by atoms with Gasteiger partial charge in [0.2, 0.25) is 0 Å². The van der Waals surface area contributed by atoms with Gasteiger partial charge in [-0.25, -0.2) is 4.39 Å². The number of likely N-dealkylation sites (tertiary alicyclic amines) is 1. The Morgan fingerprint density at radius 2 is 1.80 bits per heavy atom. The van der Waals surface area contributed by atoms with Crippen molar-refractivity contribution in [3.63, 3.8) is 0 Å². The maximum Gasteiger partial charge on any atom is 0.135 e. The van der Waals surface area contributed by atoms with Crippen molar-refractivity contribution in [3.8, 4) is 0 Å². The highest BCUT2D eigenvalue weighted by Crippen LogP contribution is 2.11. The Bertz CT molecular complexity index is 140. The minimum atomic E-state index is -0.401. The molecular weight excluding hydrogens is 193 g/mol. The molecule has 0 radical (unpaired) electrons. The zero-order valence-corrected chi connectivity index (χ0v) is 10.1. The summed E-state index contributed by atoms with van der Waals surface area (Å²) < 4.78 is 12.1. The first kappa shape index (κ1) is 20.0. The molecule has 1 aliphatic heterocycles. The summed E-state index contributed by atoms with van der Waals surface area (Å²) in [6, 6.07) is -0.152. The highest BCUT2D eigenvalue weighted by atomic mass is 19.1. The summed E-state index contributed by atoms with van der Waals surface area (Å²) in [6.07, 6.45) is 0.986. The van der Waals surface area contributed by atoms with E-state index < -0.39 is 6.67 Å². The molecular formula is C12H28FNO. The Morgan fingerprint density at radius 1 is 1.33 bits per heavy atom. The third-order valence-corrected chi connectivity index (χ3v) is 2.01. The number of hydrogen-bond acceptors (Lipinski definition) is 2. The lowest BCUT2D eigenvalue weighted by atomic mass is 10.0. The van der Waals surface area contributed by atoms with Crippen LogP contribution in [-0.2, 0) is 4.79 Å². The molecule has 0 amide bonds. The molecule has 0 spiro atoms. The van der Waals surface area contributed by atoms with E-state index in [4.69, 9.17) is 0 Å². The summed E-state index contributed by atoms with van der Waals surface area (Å²) >= 11 is 0. The molecule has 3 heteroatoms. The van der Waals surface area contributed by atoms with Gasteiger partial charge in [-0.05, 0) is 7.05 Å². The van der Waals surface area contributed by atoms with Crippen molar-refractivity contribution >= 4 is 5.78 Å². The van der Waals surface area contributed by atoms with Crippen LogP contribution in [0.1, 0.15) is 48.0 Å². The van der Waals surface area contributed by atoms with Gasteiger partial charge in [0, 0.05) is 25.4 Å². The number of halogens is 1. The van der Waals surface area contributed by atoms with E-state index in [9.17, 15) is 9.18 Å². The van der Waals surface area contributed by atoms with Crippen molar-refractivity contribution in [2.24, 2.45) is 0 Å². The smallest absolute Gasteiger partial charge is 0.135 e. The molecule has 0 bridgehead atoms. The minimum absolute atomic E-state index is 0. The van der Waals surface area contributed by atoms with Crippen molar-refractivity contribution in [1.29, 1.82) is 0 Å². The first-order valence-electron chi connectivity index (χ1n) is 5.52. The molecule has 1 unspecified atom stereocenters. The van der Waals surface area contributed by atoms with E-state index in [1.165, 1.54) is 0 Å². The summed E-state index contributed by atoms with van der Waals surface area (Å²) in [5, 5.41) is 0. The number of alkyl halides is 1. The van der Waals surface area contributed by atoms with Crippen LogP contribution in [0, 0.1) is 0 Å². The van der Waals surface area contributed by atoms with Crippen LogP contribution in [0.25, 0.3) is 0 Å². The van der Waals surface area contributed by atoms with E-state index >= 15 is 0 Å². The molecule has 0 aromatic rings. The molecule has 1 atom stereocenters. The van der Waals surface area contributed by atoms with E-state index in [2.05, 4.69) is 0 Å². The molecule has 1 heterocycles. The predicted molar refractivity (Wildman–Crippen MR) is 66.1 cm³/mol. The Balaban J connectivity index is -0.000000258. The van der Waals surface area contributed by atoms with Gasteiger partial charge in [-0.3, -0.25) is 9.69 Å². The Hall–Kier alpha value is -0.440. The molecule has 15 heavy (non-hydrogen) atoms. The van der Waals surface area contributed by atoms with Gasteiger partial charge in [0.15, 0.2) is 0 Å². The lowest BCUT2D eigenvalue weighted by Gasteiger charge is -2.29. The number of ketones is 1. The summed E-state index contributed by atoms with van der Waals surface area (Å²) in [7, 11) is 1.86. The third-order valence-electron chi connectivity index (χ3n) is 2.01. The van der Waals surface area contributed by atoms with E-state index in [-0.39, 0.29) is 19.3 Å². The fraction of sp³-hybridized carbons (Fsp3) is 0.917. The van der Waals surface area contributed by atoms with Crippen LogP contribution in [-0.4, -0.2) is 37.0 Å². The summed E-state index contributed by atoms with van der Waals surface area (Å²) in [4.78, 5) is 12.7. The van der Waals surface area contributed by atoms with Gasteiger partial charge in [-0.1, -0.05) is 35.1 Å². The van der Waals surface area contributed by atoms with Gasteiger partial charge < -0.3 is 0 Å². The Labute approximate surface area is 94.9 Å². The van der Waals surface area contributed by atoms with Crippen molar-refractivity contribution in [2.75, 3.05) is 20.3 Å². The first-order chi connectivity index (χ1) is 6.74. The van der Waals surface area contributed by atoms with Gasteiger partial charge in [0.1, 0.15) is 12.5 Å². The van der Waals surface area contributed by atoms with Gasteiger partial charge in [0.05, 0.1) is 0 Å². The maximum atomic E-state index is 12.1. The zero-order chi connectivity index (χ0) is 11.6. The minimum Gasteiger partial charge on any atom is -0.300 e. The predicted octanol–water partition coefficient (Wildman–Crippen LogP) is 3.31. The van der Waals surface area contributed by atoms with E-state index in [0.717, 1.165) is 0 Å². The van der Waals surface area contributed by atoms with Crippen molar-refractivity contribution in [2.45, 2.75) is 54.0 Å². The normalized spacial score (nSPS) is 20.1. The molecule has 1 fully saturated rings. The van der Waals surface area contributed by atoms with Crippen LogP contribution in [0.15, 0.2) is 0 Å². The molecule has 0 aromatic heterocycles. The molecule has 0 N–H and O–H groups in total. The number of hydrogen-bond donors (Lipinski definition) is 0. The van der Waals surface area contributed by atoms with E-state index in [1.807, 2.05) is 39.6 Å². The average Bonchev–Trinajstić information content (AvgIpc) is 2.27. The quantitative estimate of drug-likeness (QED) is 0.677. The van der Waals surface area contributed by atoms with Crippen molar-refractivity contribution in [1.82, 2.24) is 4.90 Å². The van der Waals surface area contributed by atoms with Gasteiger partial charge in [0.25, 0.3) is 0 Å². The summed E-state index contributed by atoms with van der Waals surface area (Å²) in [5.74, 6) is 0.195. The third kappa shape index (κ3) is 8.55. The molecule has 94 valence electrons. The van der Waals surface area contributed by atoms with E-state index in [0.29, 0.717) is 19.4 Å². The zero-order valence-electron chi connectivity index (χ0n) is 10.1. The molecule has 1 saturated heterocycles. The van der Waals surface area contributed by atoms with Crippen LogP contribution < -0.4 is 0 Å². The van der Waals surface area contributed by atoms with Gasteiger partial charge in [-0.15, -0.1) is 0 Å². The number of nitrogens with zero attached hydrogens (tertiary/aromatic N) is 1. The standard InChI is InChI=1S/C7H12FNO.2C2H6.CH4/c1-9-3-2-7(10)4-6(9)5-8;2*1-2;/h6H,2-5H2,1H3;2*1-2H3;1H4. The first-order valence-corrected chi connectivity index (χ1v) is 5.52. The second-order valence-corrected chi connectivity index (χ2v) is 2.78. The fourth-order valence-corrected chi connectivity index (χ4v) is 1.18. The highest BCUT2D eigenvalue weighted by molar-refractivity contribution is 5.79. The topological polar surface area (TPSA) is 20.3 Å². The van der Waals surface area contributed by atoms with Crippen molar-refractivity contribution in [3.05, 3.63) is 0 Å². The number of carbonyl (C=O) groups is 1. The van der Waals surface area contributed by atoms with Crippen LogP contribution in [0.3, 0.4) is 0 Å². The molecule has 1 aliphatic rings. The lowest BCUT2D eigenvalue weighted by Crippen LogP contribution is -2.41. The number of Topliss-reactive ketones (excluding diaryl/α,β-unsaturated/α-hetero) is 1. The van der Waals surface area contributed by atoms with E-state index in [1.54, 1.807) is 0 Å². The van der Waals surface area contributed by atoms with Gasteiger partial charge >= 0.3 is 0 Å². The second-order valence-electron chi connectivity index (χ2n) is 2.78. The Kier molecular flexibility index (Phi) is 18.1. The monoisotopic (exact) mass is 221 g/mol. The largest absolute Gasteiger partial charge is 0.300 e. The Morgan fingerprint density at radius 3 is 2.13 bits per heavy atom. The molecule has 1 rings (SSSR count). The fourth-order valence-electron chi connectivity index (χ4n) is 1.18. The molecule has 0 aliphatic carbocycles. The van der Waals surface area contributed by atoms with Crippen LogP contribution in [0.2, 0.25) is 0 Å².